The van der Waals surface area contributed by atoms with E-state index in [0.29, 0.717) is 5.65 Å². The van der Waals surface area contributed by atoms with E-state index in [-0.39, 0.29) is 0 Å². The Morgan fingerprint density at radius 2 is 2.00 bits per heavy atom. The molecular formula is C13H19N7. The van der Waals surface area contributed by atoms with Crippen molar-refractivity contribution in [3.8, 4) is 0 Å². The Kier molecular flexibility index (Phi) is 2.99. The monoisotopic (exact) mass is 273 g/mol. The Balaban J connectivity index is 1.41. The van der Waals surface area contributed by atoms with Crippen molar-refractivity contribution in [2.75, 3.05) is 24.5 Å². The molecule has 0 atom stereocenters. The maximum Gasteiger partial charge on any atom is 0.199 e. The average Bonchev–Trinajstić information content (AvgIpc) is 3.20. The van der Waals surface area contributed by atoms with E-state index < -0.39 is 0 Å². The first-order valence-electron chi connectivity index (χ1n) is 7.40. The number of tetrazole rings is 1. The molecule has 0 unspecified atom stereocenters. The van der Waals surface area contributed by atoms with Crippen LogP contribution in [0.3, 0.4) is 0 Å². The molecule has 1 saturated heterocycles. The molecule has 0 aromatic carbocycles. The topological polar surface area (TPSA) is 71.2 Å². The van der Waals surface area contributed by atoms with Crippen LogP contribution in [-0.4, -0.2) is 50.7 Å². The van der Waals surface area contributed by atoms with Gasteiger partial charge in [0.25, 0.3) is 0 Å². The molecule has 7 heteroatoms. The predicted octanol–water partition coefficient (Wildman–Crippen LogP) is 0.488. The van der Waals surface area contributed by atoms with E-state index in [1.54, 1.807) is 10.7 Å². The van der Waals surface area contributed by atoms with Crippen molar-refractivity contribution >= 4 is 11.5 Å². The first kappa shape index (κ1) is 12.0. The number of rotatable bonds is 4. The summed E-state index contributed by atoms with van der Waals surface area (Å²) in [6.45, 7) is 3.28. The van der Waals surface area contributed by atoms with Gasteiger partial charge in [0.1, 0.15) is 0 Å². The van der Waals surface area contributed by atoms with E-state index in [0.717, 1.165) is 30.9 Å². The SMILES string of the molecule is c1ncc2nnnn2c1N1CCC(CNC2CC2)CC1. The van der Waals surface area contributed by atoms with Crippen LogP contribution in [0.25, 0.3) is 5.65 Å². The van der Waals surface area contributed by atoms with Crippen LogP contribution in [0, 0.1) is 5.92 Å². The van der Waals surface area contributed by atoms with Crippen LogP contribution >= 0.6 is 0 Å². The molecule has 1 N–H and O–H groups in total. The standard InChI is InChI=1S/C13H19N7/c1-2-11(1)15-7-10-3-5-19(6-4-10)13-9-14-8-12-16-17-18-20(12)13/h8-11,15H,1-7H2. The van der Waals surface area contributed by atoms with Crippen molar-refractivity contribution in [2.24, 2.45) is 5.92 Å². The highest BCUT2D eigenvalue weighted by Crippen LogP contribution is 2.24. The maximum atomic E-state index is 4.23. The van der Waals surface area contributed by atoms with Gasteiger partial charge in [0.2, 0.25) is 0 Å². The lowest BCUT2D eigenvalue weighted by molar-refractivity contribution is 0.379. The van der Waals surface area contributed by atoms with Crippen LogP contribution in [0.1, 0.15) is 25.7 Å². The van der Waals surface area contributed by atoms with Gasteiger partial charge in [0, 0.05) is 19.1 Å². The Labute approximate surface area is 117 Å². The minimum Gasteiger partial charge on any atom is -0.355 e. The minimum atomic E-state index is 0.708. The average molecular weight is 273 g/mol. The molecule has 0 radical (unpaired) electrons. The number of nitrogens with zero attached hydrogens (tertiary/aromatic N) is 6. The third-order valence-electron chi connectivity index (χ3n) is 4.30. The maximum absolute atomic E-state index is 4.23. The second-order valence-corrected chi connectivity index (χ2v) is 5.83. The first-order valence-corrected chi connectivity index (χ1v) is 7.40. The van der Waals surface area contributed by atoms with Gasteiger partial charge < -0.3 is 10.2 Å². The van der Waals surface area contributed by atoms with Gasteiger partial charge in [-0.2, -0.15) is 4.52 Å². The van der Waals surface area contributed by atoms with Crippen molar-refractivity contribution in [2.45, 2.75) is 31.7 Å². The summed E-state index contributed by atoms with van der Waals surface area (Å²) >= 11 is 0. The first-order chi connectivity index (χ1) is 9.90. The third kappa shape index (κ3) is 2.33. The second kappa shape index (κ2) is 4.97. The molecule has 7 nitrogen and oxygen atoms in total. The highest BCUT2D eigenvalue weighted by Gasteiger charge is 2.25. The molecular weight excluding hydrogens is 254 g/mol. The van der Waals surface area contributed by atoms with Crippen LogP contribution in [0.15, 0.2) is 12.4 Å². The molecule has 2 aliphatic rings. The Bertz CT molecular complexity index is 583. The van der Waals surface area contributed by atoms with Crippen molar-refractivity contribution in [1.82, 2.24) is 30.3 Å². The summed E-state index contributed by atoms with van der Waals surface area (Å²) in [6.07, 6.45) is 8.72. The fourth-order valence-corrected chi connectivity index (χ4v) is 2.87. The van der Waals surface area contributed by atoms with E-state index in [4.69, 9.17) is 0 Å². The summed E-state index contributed by atoms with van der Waals surface area (Å²) in [5.41, 5.74) is 0.708. The molecule has 3 heterocycles. The zero-order valence-corrected chi connectivity index (χ0v) is 11.4. The molecule has 2 aromatic heterocycles. The highest BCUT2D eigenvalue weighted by atomic mass is 15.5. The number of nitrogens with one attached hydrogen (secondary N) is 1. The summed E-state index contributed by atoms with van der Waals surface area (Å²) < 4.78 is 1.77. The number of anilines is 1. The fraction of sp³-hybridized carbons (Fsp3) is 0.692. The van der Waals surface area contributed by atoms with Gasteiger partial charge in [-0.1, -0.05) is 0 Å². The predicted molar refractivity (Wildman–Crippen MR) is 74.5 cm³/mol. The molecule has 1 saturated carbocycles. The smallest absolute Gasteiger partial charge is 0.199 e. The number of fused-ring (bicyclic) bond motifs is 1. The van der Waals surface area contributed by atoms with Crippen LogP contribution < -0.4 is 10.2 Å². The van der Waals surface area contributed by atoms with Crippen molar-refractivity contribution < 1.29 is 0 Å². The summed E-state index contributed by atoms with van der Waals surface area (Å²) in [5, 5.41) is 15.3. The molecule has 106 valence electrons. The van der Waals surface area contributed by atoms with Gasteiger partial charge >= 0.3 is 0 Å². The number of aromatic nitrogens is 5. The fourth-order valence-electron chi connectivity index (χ4n) is 2.87. The van der Waals surface area contributed by atoms with Crippen molar-refractivity contribution in [3.05, 3.63) is 12.4 Å². The Hall–Kier alpha value is -1.76. The number of piperidine rings is 1. The highest BCUT2D eigenvalue weighted by molar-refractivity contribution is 5.46. The molecule has 0 amide bonds. The quantitative estimate of drug-likeness (QED) is 0.874. The molecule has 1 aliphatic heterocycles. The van der Waals surface area contributed by atoms with Gasteiger partial charge in [0.05, 0.1) is 12.4 Å². The molecule has 2 aromatic rings. The van der Waals surface area contributed by atoms with Gasteiger partial charge in [-0.3, -0.25) is 4.98 Å². The number of hydrogen-bond donors (Lipinski definition) is 1. The van der Waals surface area contributed by atoms with Crippen LogP contribution in [0.4, 0.5) is 5.82 Å². The summed E-state index contributed by atoms with van der Waals surface area (Å²) in [7, 11) is 0. The zero-order chi connectivity index (χ0) is 13.4. The summed E-state index contributed by atoms with van der Waals surface area (Å²) in [6, 6.07) is 0.812. The van der Waals surface area contributed by atoms with Crippen molar-refractivity contribution in [3.63, 3.8) is 0 Å². The Morgan fingerprint density at radius 1 is 1.15 bits per heavy atom. The Morgan fingerprint density at radius 3 is 2.80 bits per heavy atom. The summed E-state index contributed by atoms with van der Waals surface area (Å²) in [4.78, 5) is 6.57. The van der Waals surface area contributed by atoms with Gasteiger partial charge in [0.15, 0.2) is 11.5 Å². The molecule has 0 bridgehead atoms. The van der Waals surface area contributed by atoms with Crippen molar-refractivity contribution in [1.29, 1.82) is 0 Å². The third-order valence-corrected chi connectivity index (χ3v) is 4.30. The van der Waals surface area contributed by atoms with Crippen LogP contribution in [0.5, 0.6) is 0 Å². The van der Waals surface area contributed by atoms with Gasteiger partial charge in [-0.15, -0.1) is 5.10 Å². The van der Waals surface area contributed by atoms with Gasteiger partial charge in [-0.05, 0) is 48.6 Å². The van der Waals surface area contributed by atoms with Crippen LogP contribution in [-0.2, 0) is 0 Å². The lowest BCUT2D eigenvalue weighted by Gasteiger charge is -2.33. The number of hydrogen-bond acceptors (Lipinski definition) is 6. The molecule has 20 heavy (non-hydrogen) atoms. The molecule has 0 spiro atoms. The second-order valence-electron chi connectivity index (χ2n) is 5.83. The molecule has 1 aliphatic carbocycles. The van der Waals surface area contributed by atoms with Gasteiger partial charge in [-0.25, -0.2) is 0 Å². The van der Waals surface area contributed by atoms with E-state index in [2.05, 4.69) is 30.7 Å². The summed E-state index contributed by atoms with van der Waals surface area (Å²) in [5.74, 6) is 1.80. The van der Waals surface area contributed by atoms with Crippen LogP contribution in [0.2, 0.25) is 0 Å². The van der Waals surface area contributed by atoms with E-state index in [9.17, 15) is 0 Å². The largest absolute Gasteiger partial charge is 0.355 e. The minimum absolute atomic E-state index is 0.708. The van der Waals surface area contributed by atoms with E-state index >= 15 is 0 Å². The zero-order valence-electron chi connectivity index (χ0n) is 11.4. The molecule has 4 rings (SSSR count). The lowest BCUT2D eigenvalue weighted by Crippen LogP contribution is -2.38. The van der Waals surface area contributed by atoms with E-state index in [1.807, 2.05) is 6.20 Å². The molecule has 2 fully saturated rings. The lowest BCUT2D eigenvalue weighted by atomic mass is 9.97. The van der Waals surface area contributed by atoms with E-state index in [1.165, 1.54) is 32.2 Å². The normalized spacial score (nSPS) is 20.7.